The van der Waals surface area contributed by atoms with Crippen LogP contribution >= 0.6 is 35.7 Å². The number of rotatable bonds is 8. The summed E-state index contributed by atoms with van der Waals surface area (Å²) < 4.78 is 13.6. The molecule has 6 nitrogen and oxygen atoms in total. The lowest BCUT2D eigenvalue weighted by molar-refractivity contribution is -0.119. The summed E-state index contributed by atoms with van der Waals surface area (Å²) in [6.45, 7) is 5.45. The summed E-state index contributed by atoms with van der Waals surface area (Å²) in [6, 6.07) is 7.12. The molecule has 27 heavy (non-hydrogen) atoms. The SMILES string of the molecule is CCNC(=NCCSc1ccccc1F)NC1CCN(CC(N)=O)CC1.I. The first-order chi connectivity index (χ1) is 12.6. The number of aliphatic imine (C=N–C) groups is 1. The van der Waals surface area contributed by atoms with Crippen molar-refractivity contribution in [2.24, 2.45) is 10.7 Å². The molecule has 0 saturated carbocycles. The van der Waals surface area contributed by atoms with E-state index in [9.17, 15) is 9.18 Å². The van der Waals surface area contributed by atoms with Crippen molar-refractivity contribution in [2.75, 3.05) is 38.5 Å². The molecule has 1 saturated heterocycles. The first-order valence-corrected chi connectivity index (χ1v) is 10.00. The first kappa shape index (κ1) is 24.0. The highest BCUT2D eigenvalue weighted by Crippen LogP contribution is 2.20. The van der Waals surface area contributed by atoms with Crippen LogP contribution in [0.3, 0.4) is 0 Å². The van der Waals surface area contributed by atoms with Gasteiger partial charge in [0.05, 0.1) is 13.1 Å². The average Bonchev–Trinajstić information content (AvgIpc) is 2.61. The number of amides is 1. The molecule has 1 amide bonds. The molecule has 9 heteroatoms. The molecule has 1 aliphatic heterocycles. The fraction of sp³-hybridized carbons (Fsp3) is 0.556. The number of nitrogens with zero attached hydrogens (tertiary/aromatic N) is 2. The molecule has 0 bridgehead atoms. The quantitative estimate of drug-likeness (QED) is 0.164. The van der Waals surface area contributed by atoms with E-state index in [1.54, 1.807) is 12.1 Å². The van der Waals surface area contributed by atoms with Gasteiger partial charge in [-0.1, -0.05) is 12.1 Å². The lowest BCUT2D eigenvalue weighted by Crippen LogP contribution is -2.49. The van der Waals surface area contributed by atoms with E-state index >= 15 is 0 Å². The minimum Gasteiger partial charge on any atom is -0.369 e. The molecule has 0 unspecified atom stereocenters. The van der Waals surface area contributed by atoms with E-state index in [-0.39, 0.29) is 35.7 Å². The zero-order valence-electron chi connectivity index (χ0n) is 15.6. The number of thioether (sulfide) groups is 1. The molecule has 1 aromatic carbocycles. The largest absolute Gasteiger partial charge is 0.369 e. The van der Waals surface area contributed by atoms with Crippen LogP contribution in [0.1, 0.15) is 19.8 Å². The van der Waals surface area contributed by atoms with Gasteiger partial charge in [-0.05, 0) is 31.9 Å². The van der Waals surface area contributed by atoms with E-state index < -0.39 is 0 Å². The highest BCUT2D eigenvalue weighted by atomic mass is 127. The summed E-state index contributed by atoms with van der Waals surface area (Å²) >= 11 is 1.47. The van der Waals surface area contributed by atoms with Crippen molar-refractivity contribution in [3.8, 4) is 0 Å². The van der Waals surface area contributed by atoms with Gasteiger partial charge in [0.15, 0.2) is 5.96 Å². The molecule has 1 aliphatic rings. The van der Waals surface area contributed by atoms with Crippen LogP contribution in [-0.4, -0.2) is 61.3 Å². The Hall–Kier alpha value is -1.07. The third kappa shape index (κ3) is 9.11. The average molecular weight is 509 g/mol. The molecule has 0 atom stereocenters. The molecule has 2 rings (SSSR count). The van der Waals surface area contributed by atoms with Crippen LogP contribution in [0.5, 0.6) is 0 Å². The predicted octanol–water partition coefficient (Wildman–Crippen LogP) is 2.04. The Morgan fingerprint density at radius 1 is 1.37 bits per heavy atom. The first-order valence-electron chi connectivity index (χ1n) is 9.01. The summed E-state index contributed by atoms with van der Waals surface area (Å²) in [5, 5.41) is 6.70. The second-order valence-corrected chi connectivity index (χ2v) is 7.34. The molecule has 0 aliphatic carbocycles. The zero-order chi connectivity index (χ0) is 18.8. The summed E-state index contributed by atoms with van der Waals surface area (Å²) in [6.07, 6.45) is 1.89. The monoisotopic (exact) mass is 509 g/mol. The second-order valence-electron chi connectivity index (χ2n) is 6.20. The van der Waals surface area contributed by atoms with Crippen molar-refractivity contribution in [2.45, 2.75) is 30.7 Å². The van der Waals surface area contributed by atoms with Crippen LogP contribution < -0.4 is 16.4 Å². The molecule has 1 aromatic rings. The maximum absolute atomic E-state index is 13.6. The van der Waals surface area contributed by atoms with Crippen molar-refractivity contribution >= 4 is 47.6 Å². The Morgan fingerprint density at radius 3 is 2.70 bits per heavy atom. The maximum atomic E-state index is 13.6. The third-order valence-corrected chi connectivity index (χ3v) is 5.14. The Kier molecular flexibility index (Phi) is 11.7. The summed E-state index contributed by atoms with van der Waals surface area (Å²) in [5.41, 5.74) is 5.25. The Bertz CT molecular complexity index is 611. The number of carbonyl (C=O) groups is 1. The van der Waals surface area contributed by atoms with Gasteiger partial charge < -0.3 is 16.4 Å². The van der Waals surface area contributed by atoms with Crippen molar-refractivity contribution in [3.05, 3.63) is 30.1 Å². The number of likely N-dealkylation sites (tertiary alicyclic amines) is 1. The Labute approximate surface area is 181 Å². The second kappa shape index (κ2) is 13.2. The lowest BCUT2D eigenvalue weighted by Gasteiger charge is -2.32. The van der Waals surface area contributed by atoms with Crippen LogP contribution in [0.4, 0.5) is 4.39 Å². The van der Waals surface area contributed by atoms with Crippen LogP contribution in [0, 0.1) is 5.82 Å². The molecule has 0 aromatic heterocycles. The highest BCUT2D eigenvalue weighted by Gasteiger charge is 2.20. The number of hydrogen-bond acceptors (Lipinski definition) is 4. The van der Waals surface area contributed by atoms with Crippen LogP contribution in [-0.2, 0) is 4.79 Å². The number of piperidine rings is 1. The van der Waals surface area contributed by atoms with E-state index in [0.29, 0.717) is 29.8 Å². The van der Waals surface area contributed by atoms with Gasteiger partial charge >= 0.3 is 0 Å². The number of hydrogen-bond donors (Lipinski definition) is 3. The van der Waals surface area contributed by atoms with Crippen molar-refractivity contribution in [3.63, 3.8) is 0 Å². The van der Waals surface area contributed by atoms with Gasteiger partial charge in [-0.3, -0.25) is 14.7 Å². The van der Waals surface area contributed by atoms with E-state index in [2.05, 4.69) is 20.5 Å². The summed E-state index contributed by atoms with van der Waals surface area (Å²) in [7, 11) is 0. The van der Waals surface area contributed by atoms with Crippen molar-refractivity contribution < 1.29 is 9.18 Å². The van der Waals surface area contributed by atoms with Gasteiger partial charge in [0, 0.05) is 36.3 Å². The molecule has 1 fully saturated rings. The predicted molar refractivity (Wildman–Crippen MR) is 120 cm³/mol. The van der Waals surface area contributed by atoms with Gasteiger partial charge in [0.25, 0.3) is 0 Å². The minimum atomic E-state index is -0.279. The maximum Gasteiger partial charge on any atom is 0.231 e. The van der Waals surface area contributed by atoms with Crippen molar-refractivity contribution in [1.29, 1.82) is 0 Å². The molecule has 152 valence electrons. The van der Waals surface area contributed by atoms with Gasteiger partial charge in [-0.2, -0.15) is 0 Å². The topological polar surface area (TPSA) is 82.8 Å². The third-order valence-electron chi connectivity index (χ3n) is 4.11. The molecule has 1 heterocycles. The number of guanidine groups is 1. The fourth-order valence-corrected chi connectivity index (χ4v) is 3.63. The summed E-state index contributed by atoms with van der Waals surface area (Å²) in [4.78, 5) is 18.3. The van der Waals surface area contributed by atoms with Crippen LogP contribution in [0.25, 0.3) is 0 Å². The smallest absolute Gasteiger partial charge is 0.231 e. The molecular weight excluding hydrogens is 480 g/mol. The standard InChI is InChI=1S/C18H28FN5OS.HI/c1-2-21-18(22-9-12-26-16-6-4-3-5-15(16)19)23-14-7-10-24(11-8-14)13-17(20)25;/h3-6,14H,2,7-13H2,1H3,(H2,20,25)(H2,21,22,23);1H. The molecular formula is C18H29FIN5OS. The van der Waals surface area contributed by atoms with Crippen molar-refractivity contribution in [1.82, 2.24) is 15.5 Å². The molecule has 0 radical (unpaired) electrons. The highest BCUT2D eigenvalue weighted by molar-refractivity contribution is 14.0. The lowest BCUT2D eigenvalue weighted by atomic mass is 10.1. The zero-order valence-corrected chi connectivity index (χ0v) is 18.8. The van der Waals surface area contributed by atoms with E-state index in [4.69, 9.17) is 5.73 Å². The number of nitrogens with one attached hydrogen (secondary N) is 2. The number of halogens is 2. The van der Waals surface area contributed by atoms with Crippen LogP contribution in [0.2, 0.25) is 0 Å². The van der Waals surface area contributed by atoms with Gasteiger partial charge in [0.1, 0.15) is 5.82 Å². The van der Waals surface area contributed by atoms with Gasteiger partial charge in [-0.25, -0.2) is 4.39 Å². The molecule has 4 N–H and O–H groups in total. The van der Waals surface area contributed by atoms with Gasteiger partial charge in [0.2, 0.25) is 5.91 Å². The fourth-order valence-electron chi connectivity index (χ4n) is 2.84. The Morgan fingerprint density at radius 2 is 2.07 bits per heavy atom. The minimum absolute atomic E-state index is 0. The van der Waals surface area contributed by atoms with E-state index in [1.807, 2.05) is 13.0 Å². The number of nitrogens with two attached hydrogens (primary N) is 1. The number of carbonyl (C=O) groups excluding carboxylic acids is 1. The molecule has 0 spiro atoms. The Balaban J connectivity index is 0.00000364. The van der Waals surface area contributed by atoms with E-state index in [1.165, 1.54) is 17.8 Å². The number of primary amides is 1. The normalized spacial score (nSPS) is 15.9. The van der Waals surface area contributed by atoms with Crippen LogP contribution in [0.15, 0.2) is 34.2 Å². The van der Waals surface area contributed by atoms with Gasteiger partial charge in [-0.15, -0.1) is 35.7 Å². The van der Waals surface area contributed by atoms with E-state index in [0.717, 1.165) is 38.4 Å². The summed E-state index contributed by atoms with van der Waals surface area (Å²) in [5.74, 6) is 1.04. The number of benzene rings is 1.